The van der Waals surface area contributed by atoms with E-state index in [1.165, 1.54) is 13.3 Å². The van der Waals surface area contributed by atoms with Gasteiger partial charge in [0.15, 0.2) is 0 Å². The second-order valence-electron chi connectivity index (χ2n) is 3.87. The standard InChI is InChI=1S/C11H12ClN5O3/c1-20-9(18)6-17-11(19)10(12)8(5-16-17)13-2-7-3-14-15-4-7/h3-5,13H,2,6H2,1H3,(H,14,15). The summed E-state index contributed by atoms with van der Waals surface area (Å²) in [7, 11) is 1.23. The van der Waals surface area contributed by atoms with Gasteiger partial charge in [-0.25, -0.2) is 4.68 Å². The zero-order valence-corrected chi connectivity index (χ0v) is 11.3. The van der Waals surface area contributed by atoms with Crippen LogP contribution >= 0.6 is 11.6 Å². The minimum absolute atomic E-state index is 0.0348. The van der Waals surface area contributed by atoms with Crippen molar-refractivity contribution in [2.75, 3.05) is 12.4 Å². The van der Waals surface area contributed by atoms with Gasteiger partial charge in [-0.05, 0) is 0 Å². The van der Waals surface area contributed by atoms with Gasteiger partial charge >= 0.3 is 5.97 Å². The normalized spacial score (nSPS) is 10.3. The Hall–Kier alpha value is -2.35. The van der Waals surface area contributed by atoms with Crippen LogP contribution in [0.25, 0.3) is 0 Å². The lowest BCUT2D eigenvalue weighted by Gasteiger charge is -2.08. The van der Waals surface area contributed by atoms with E-state index in [4.69, 9.17) is 11.6 Å². The number of esters is 1. The van der Waals surface area contributed by atoms with Gasteiger partial charge in [-0.3, -0.25) is 14.7 Å². The summed E-state index contributed by atoms with van der Waals surface area (Å²) in [6.07, 6.45) is 4.74. The van der Waals surface area contributed by atoms with Crippen molar-refractivity contribution in [1.82, 2.24) is 20.0 Å². The molecule has 0 amide bonds. The van der Waals surface area contributed by atoms with Gasteiger partial charge in [-0.2, -0.15) is 10.2 Å². The van der Waals surface area contributed by atoms with Crippen LogP contribution in [0.4, 0.5) is 5.69 Å². The molecular formula is C11H12ClN5O3. The summed E-state index contributed by atoms with van der Waals surface area (Å²) in [4.78, 5) is 23.0. The Morgan fingerprint density at radius 3 is 3.00 bits per heavy atom. The van der Waals surface area contributed by atoms with Gasteiger partial charge in [0.2, 0.25) is 0 Å². The predicted octanol–water partition coefficient (Wildman–Crippen LogP) is 0.405. The zero-order valence-electron chi connectivity index (χ0n) is 10.6. The van der Waals surface area contributed by atoms with E-state index < -0.39 is 11.5 Å². The Labute approximate surface area is 118 Å². The van der Waals surface area contributed by atoms with E-state index in [2.05, 4.69) is 25.3 Å². The molecule has 2 rings (SSSR count). The summed E-state index contributed by atoms with van der Waals surface area (Å²) < 4.78 is 5.41. The van der Waals surface area contributed by atoms with Crippen LogP contribution in [-0.4, -0.2) is 33.1 Å². The second-order valence-corrected chi connectivity index (χ2v) is 4.25. The van der Waals surface area contributed by atoms with Gasteiger partial charge in [0.05, 0.1) is 25.2 Å². The van der Waals surface area contributed by atoms with E-state index in [0.29, 0.717) is 12.2 Å². The number of hydrogen-bond acceptors (Lipinski definition) is 6. The van der Waals surface area contributed by atoms with Gasteiger partial charge < -0.3 is 10.1 Å². The van der Waals surface area contributed by atoms with Gasteiger partial charge in [0.25, 0.3) is 5.56 Å². The first-order valence-electron chi connectivity index (χ1n) is 5.65. The minimum Gasteiger partial charge on any atom is -0.468 e. The highest BCUT2D eigenvalue weighted by Crippen LogP contribution is 2.16. The molecule has 2 aromatic rings. The Kier molecular flexibility index (Phi) is 4.36. The first-order valence-corrected chi connectivity index (χ1v) is 6.03. The van der Waals surface area contributed by atoms with Crippen molar-refractivity contribution in [3.8, 4) is 0 Å². The number of hydrogen-bond donors (Lipinski definition) is 2. The molecule has 0 fully saturated rings. The van der Waals surface area contributed by atoms with Crippen LogP contribution in [-0.2, 0) is 22.6 Å². The van der Waals surface area contributed by atoms with Gasteiger partial charge in [0, 0.05) is 18.3 Å². The predicted molar refractivity (Wildman–Crippen MR) is 71.4 cm³/mol. The second kappa shape index (κ2) is 6.20. The Balaban J connectivity index is 2.14. The topological polar surface area (TPSA) is 102 Å². The van der Waals surface area contributed by atoms with Gasteiger partial charge in [-0.15, -0.1) is 0 Å². The molecular weight excluding hydrogens is 286 g/mol. The van der Waals surface area contributed by atoms with E-state index in [9.17, 15) is 9.59 Å². The number of aromatic amines is 1. The van der Waals surface area contributed by atoms with Crippen molar-refractivity contribution in [2.45, 2.75) is 13.1 Å². The summed E-state index contributed by atoms with van der Waals surface area (Å²) in [6, 6.07) is 0. The molecule has 106 valence electrons. The van der Waals surface area contributed by atoms with Crippen molar-refractivity contribution in [3.05, 3.63) is 39.5 Å². The molecule has 0 radical (unpaired) electrons. The van der Waals surface area contributed by atoms with Crippen LogP contribution in [0, 0.1) is 0 Å². The first kappa shape index (κ1) is 14.1. The lowest BCUT2D eigenvalue weighted by Crippen LogP contribution is -2.28. The van der Waals surface area contributed by atoms with Crippen molar-refractivity contribution in [1.29, 1.82) is 0 Å². The van der Waals surface area contributed by atoms with Crippen molar-refractivity contribution in [2.24, 2.45) is 0 Å². The third-order valence-corrected chi connectivity index (χ3v) is 2.89. The van der Waals surface area contributed by atoms with E-state index in [1.807, 2.05) is 0 Å². The van der Waals surface area contributed by atoms with E-state index in [-0.39, 0.29) is 11.6 Å². The fourth-order valence-electron chi connectivity index (χ4n) is 1.46. The Morgan fingerprint density at radius 2 is 2.35 bits per heavy atom. The average molecular weight is 298 g/mol. The fraction of sp³-hybridized carbons (Fsp3) is 0.273. The first-order chi connectivity index (χ1) is 9.61. The summed E-state index contributed by atoms with van der Waals surface area (Å²) in [5, 5.41) is 13.3. The number of rotatable bonds is 5. The number of ether oxygens (including phenoxy) is 1. The molecule has 0 spiro atoms. The Morgan fingerprint density at radius 1 is 1.55 bits per heavy atom. The molecule has 0 saturated heterocycles. The monoisotopic (exact) mass is 297 g/mol. The number of aromatic nitrogens is 4. The highest BCUT2D eigenvalue weighted by Gasteiger charge is 2.12. The lowest BCUT2D eigenvalue weighted by molar-refractivity contribution is -0.141. The number of anilines is 1. The van der Waals surface area contributed by atoms with Crippen LogP contribution in [0.5, 0.6) is 0 Å². The molecule has 0 aromatic carbocycles. The SMILES string of the molecule is COC(=O)Cn1ncc(NCc2cn[nH]c2)c(Cl)c1=O. The van der Waals surface area contributed by atoms with Gasteiger partial charge in [-0.1, -0.05) is 11.6 Å². The number of halogens is 1. The van der Waals surface area contributed by atoms with Crippen molar-refractivity contribution >= 4 is 23.3 Å². The molecule has 2 N–H and O–H groups in total. The number of carbonyl (C=O) groups is 1. The average Bonchev–Trinajstić information content (AvgIpc) is 2.96. The minimum atomic E-state index is -0.574. The van der Waals surface area contributed by atoms with E-state index in [0.717, 1.165) is 10.2 Å². The van der Waals surface area contributed by atoms with Gasteiger partial charge in [0.1, 0.15) is 11.6 Å². The zero-order chi connectivity index (χ0) is 14.5. The van der Waals surface area contributed by atoms with Crippen LogP contribution < -0.4 is 10.9 Å². The summed E-state index contributed by atoms with van der Waals surface area (Å²) >= 11 is 5.95. The third-order valence-electron chi connectivity index (χ3n) is 2.53. The largest absolute Gasteiger partial charge is 0.468 e. The molecule has 8 nitrogen and oxygen atoms in total. The highest BCUT2D eigenvalue weighted by atomic mass is 35.5. The van der Waals surface area contributed by atoms with Crippen LogP contribution in [0.2, 0.25) is 5.02 Å². The lowest BCUT2D eigenvalue weighted by atomic mass is 10.3. The molecule has 0 bridgehead atoms. The maximum Gasteiger partial charge on any atom is 0.327 e. The molecule has 2 heterocycles. The molecule has 0 atom stereocenters. The van der Waals surface area contributed by atoms with Crippen LogP contribution in [0.3, 0.4) is 0 Å². The molecule has 20 heavy (non-hydrogen) atoms. The maximum atomic E-state index is 11.9. The van der Waals surface area contributed by atoms with E-state index >= 15 is 0 Å². The molecule has 0 aliphatic heterocycles. The molecule has 0 aliphatic carbocycles. The fourth-order valence-corrected chi connectivity index (χ4v) is 1.67. The van der Waals surface area contributed by atoms with Crippen molar-refractivity contribution in [3.63, 3.8) is 0 Å². The maximum absolute atomic E-state index is 11.9. The molecule has 0 saturated carbocycles. The van der Waals surface area contributed by atoms with Crippen LogP contribution in [0.15, 0.2) is 23.4 Å². The number of nitrogens with one attached hydrogen (secondary N) is 2. The van der Waals surface area contributed by atoms with Crippen molar-refractivity contribution < 1.29 is 9.53 Å². The molecule has 9 heteroatoms. The van der Waals surface area contributed by atoms with Crippen LogP contribution in [0.1, 0.15) is 5.56 Å². The molecule has 0 unspecified atom stereocenters. The Bertz CT molecular complexity index is 653. The number of nitrogens with zero attached hydrogens (tertiary/aromatic N) is 3. The molecule has 2 aromatic heterocycles. The van der Waals surface area contributed by atoms with E-state index in [1.54, 1.807) is 12.4 Å². The summed E-state index contributed by atoms with van der Waals surface area (Å²) in [6.45, 7) is 0.162. The number of H-pyrrole nitrogens is 1. The summed E-state index contributed by atoms with van der Waals surface area (Å²) in [5.41, 5.74) is 0.730. The number of carbonyl (C=O) groups excluding carboxylic acids is 1. The highest BCUT2D eigenvalue weighted by molar-refractivity contribution is 6.32. The quantitative estimate of drug-likeness (QED) is 0.775. The third kappa shape index (κ3) is 3.15. The summed E-state index contributed by atoms with van der Waals surface area (Å²) in [5.74, 6) is -0.574. The number of methoxy groups -OCH3 is 1. The smallest absolute Gasteiger partial charge is 0.327 e. The molecule has 0 aliphatic rings.